The van der Waals surface area contributed by atoms with Gasteiger partial charge in [0, 0.05) is 0 Å². The highest BCUT2D eigenvalue weighted by molar-refractivity contribution is 5.80. The van der Waals surface area contributed by atoms with E-state index in [1.54, 1.807) is 54.6 Å². The van der Waals surface area contributed by atoms with Crippen LogP contribution in [0.5, 0.6) is 5.75 Å². The van der Waals surface area contributed by atoms with Crippen molar-refractivity contribution < 1.29 is 13.9 Å². The summed E-state index contributed by atoms with van der Waals surface area (Å²) in [6.45, 7) is -2.67. The molecule has 21 heavy (non-hydrogen) atoms. The Labute approximate surface area is 119 Å². The summed E-state index contributed by atoms with van der Waals surface area (Å²) in [5.41, 5.74) is 1.62. The monoisotopic (exact) mass is 286 g/mol. The van der Waals surface area contributed by atoms with E-state index in [4.69, 9.17) is 0 Å². The number of rotatable bonds is 3. The number of aromatic nitrogens is 2. The molecule has 0 amide bonds. The molecule has 5 heteroatoms. The summed E-state index contributed by atoms with van der Waals surface area (Å²) in [5, 5.41) is 9.39. The van der Waals surface area contributed by atoms with Crippen molar-refractivity contribution in [1.29, 1.82) is 0 Å². The number of aromatic hydroxyl groups is 1. The Bertz CT molecular complexity index is 809. The van der Waals surface area contributed by atoms with Crippen LogP contribution in [0, 0.1) is 0 Å². The van der Waals surface area contributed by atoms with Gasteiger partial charge >= 0.3 is 6.55 Å². The Hall–Kier alpha value is -2.69. The van der Waals surface area contributed by atoms with Gasteiger partial charge < -0.3 is 5.11 Å². The van der Waals surface area contributed by atoms with Crippen LogP contribution in [0.3, 0.4) is 0 Å². The number of phenols is 1. The fourth-order valence-corrected chi connectivity index (χ4v) is 2.19. The lowest BCUT2D eigenvalue weighted by Gasteiger charge is -2.04. The van der Waals surface area contributed by atoms with Gasteiger partial charge in [0.05, 0.1) is 11.0 Å². The fraction of sp³-hybridized carbons (Fsp3) is 0.0625. The van der Waals surface area contributed by atoms with Crippen LogP contribution in [-0.2, 0) is 0 Å². The molecular weight excluding hydrogens is 274 g/mol. The summed E-state index contributed by atoms with van der Waals surface area (Å²) in [6.07, 6.45) is 3.15. The number of hydrogen-bond donors (Lipinski definition) is 1. The number of benzene rings is 2. The molecule has 3 nitrogen and oxygen atoms in total. The summed E-state index contributed by atoms with van der Waals surface area (Å²) in [5.74, 6) is 0.300. The maximum absolute atomic E-state index is 13.2. The second-order valence-corrected chi connectivity index (χ2v) is 4.53. The third kappa shape index (κ3) is 2.63. The van der Waals surface area contributed by atoms with Gasteiger partial charge in [-0.05, 0) is 35.9 Å². The van der Waals surface area contributed by atoms with Crippen LogP contribution in [0.4, 0.5) is 8.78 Å². The Morgan fingerprint density at radius 1 is 1.05 bits per heavy atom. The third-order valence-electron chi connectivity index (χ3n) is 3.11. The van der Waals surface area contributed by atoms with Gasteiger partial charge in [-0.3, -0.25) is 4.57 Å². The Morgan fingerprint density at radius 2 is 1.86 bits per heavy atom. The quantitative estimate of drug-likeness (QED) is 0.779. The van der Waals surface area contributed by atoms with Gasteiger partial charge in [0.2, 0.25) is 0 Å². The van der Waals surface area contributed by atoms with Gasteiger partial charge in [0.15, 0.2) is 0 Å². The average Bonchev–Trinajstić information content (AvgIpc) is 2.83. The van der Waals surface area contributed by atoms with Crippen LogP contribution in [0.2, 0.25) is 0 Å². The van der Waals surface area contributed by atoms with Crippen molar-refractivity contribution >= 4 is 23.2 Å². The molecule has 3 aromatic rings. The summed E-state index contributed by atoms with van der Waals surface area (Å²) in [7, 11) is 0. The topological polar surface area (TPSA) is 38.1 Å². The molecule has 2 aromatic carbocycles. The third-order valence-corrected chi connectivity index (χ3v) is 3.11. The van der Waals surface area contributed by atoms with Crippen LogP contribution < -0.4 is 0 Å². The van der Waals surface area contributed by atoms with Gasteiger partial charge in [0.1, 0.15) is 11.6 Å². The van der Waals surface area contributed by atoms with Crippen molar-refractivity contribution in [2.75, 3.05) is 0 Å². The first-order valence-corrected chi connectivity index (χ1v) is 6.37. The minimum absolute atomic E-state index is 0.125. The van der Waals surface area contributed by atoms with E-state index in [-0.39, 0.29) is 11.6 Å². The molecule has 3 rings (SSSR count). The van der Waals surface area contributed by atoms with Crippen molar-refractivity contribution in [2.24, 2.45) is 0 Å². The Kier molecular flexibility index (Phi) is 3.39. The lowest BCUT2D eigenvalue weighted by Crippen LogP contribution is -2.00. The molecule has 106 valence electrons. The highest BCUT2D eigenvalue weighted by atomic mass is 19.3. The zero-order valence-electron chi connectivity index (χ0n) is 10.9. The summed E-state index contributed by atoms with van der Waals surface area (Å²) >= 11 is 0. The molecule has 0 aliphatic heterocycles. The van der Waals surface area contributed by atoms with Gasteiger partial charge in [-0.25, -0.2) is 4.98 Å². The van der Waals surface area contributed by atoms with Crippen LogP contribution in [0.25, 0.3) is 23.2 Å². The van der Waals surface area contributed by atoms with E-state index < -0.39 is 6.55 Å². The highest BCUT2D eigenvalue weighted by Gasteiger charge is 2.15. The normalized spacial score (nSPS) is 11.8. The van der Waals surface area contributed by atoms with Crippen molar-refractivity contribution in [3.05, 3.63) is 59.9 Å². The Balaban J connectivity index is 2.06. The molecule has 0 aliphatic carbocycles. The predicted octanol–water partition coefficient (Wildman–Crippen LogP) is 4.31. The van der Waals surface area contributed by atoms with E-state index in [0.717, 1.165) is 4.57 Å². The molecular formula is C16H12F2N2O. The minimum Gasteiger partial charge on any atom is -0.508 e. The first kappa shape index (κ1) is 13.3. The largest absolute Gasteiger partial charge is 0.508 e. The molecule has 0 saturated carbocycles. The molecule has 0 radical (unpaired) electrons. The summed E-state index contributed by atoms with van der Waals surface area (Å²) < 4.78 is 27.3. The summed E-state index contributed by atoms with van der Waals surface area (Å²) in [4.78, 5) is 4.21. The fourth-order valence-electron chi connectivity index (χ4n) is 2.19. The Morgan fingerprint density at radius 3 is 2.62 bits per heavy atom. The molecule has 0 unspecified atom stereocenters. The number of imidazole rings is 1. The number of halogens is 2. The number of phenolic OH excluding ortho intramolecular Hbond substituents is 1. The highest BCUT2D eigenvalue weighted by Crippen LogP contribution is 2.24. The zero-order valence-corrected chi connectivity index (χ0v) is 10.9. The van der Waals surface area contributed by atoms with Gasteiger partial charge in [0.25, 0.3) is 0 Å². The second-order valence-electron chi connectivity index (χ2n) is 4.53. The predicted molar refractivity (Wildman–Crippen MR) is 78.0 cm³/mol. The zero-order chi connectivity index (χ0) is 14.8. The second kappa shape index (κ2) is 5.36. The molecule has 1 aromatic heterocycles. The molecule has 0 aliphatic rings. The number of nitrogens with zero attached hydrogens (tertiary/aromatic N) is 2. The van der Waals surface area contributed by atoms with Gasteiger partial charge in [-0.15, -0.1) is 0 Å². The van der Waals surface area contributed by atoms with Crippen molar-refractivity contribution in [2.45, 2.75) is 6.55 Å². The first-order chi connectivity index (χ1) is 10.1. The average molecular weight is 286 g/mol. The van der Waals surface area contributed by atoms with E-state index in [1.165, 1.54) is 6.08 Å². The van der Waals surface area contributed by atoms with E-state index in [9.17, 15) is 13.9 Å². The minimum atomic E-state index is -2.67. The van der Waals surface area contributed by atoms with Crippen molar-refractivity contribution in [1.82, 2.24) is 9.55 Å². The van der Waals surface area contributed by atoms with E-state index >= 15 is 0 Å². The van der Waals surface area contributed by atoms with Crippen LogP contribution in [0.1, 0.15) is 17.9 Å². The molecule has 0 bridgehead atoms. The number of para-hydroxylation sites is 2. The molecule has 1 N–H and O–H groups in total. The van der Waals surface area contributed by atoms with Crippen LogP contribution >= 0.6 is 0 Å². The van der Waals surface area contributed by atoms with Crippen LogP contribution in [-0.4, -0.2) is 14.7 Å². The van der Waals surface area contributed by atoms with Crippen LogP contribution in [0.15, 0.2) is 48.5 Å². The first-order valence-electron chi connectivity index (χ1n) is 6.37. The maximum atomic E-state index is 13.2. The molecule has 0 fully saturated rings. The molecule has 0 saturated heterocycles. The van der Waals surface area contributed by atoms with E-state index in [0.29, 0.717) is 16.6 Å². The lowest BCUT2D eigenvalue weighted by molar-refractivity contribution is 0.0739. The van der Waals surface area contributed by atoms with E-state index in [1.807, 2.05) is 0 Å². The lowest BCUT2D eigenvalue weighted by atomic mass is 10.2. The molecule has 1 heterocycles. The smallest absolute Gasteiger partial charge is 0.320 e. The number of alkyl halides is 2. The van der Waals surface area contributed by atoms with Gasteiger partial charge in [-0.1, -0.05) is 30.3 Å². The molecule has 0 atom stereocenters. The van der Waals surface area contributed by atoms with Crippen molar-refractivity contribution in [3.63, 3.8) is 0 Å². The SMILES string of the molecule is Oc1cccc(C=Cc2nc3ccccc3n2C(F)F)c1. The van der Waals surface area contributed by atoms with E-state index in [2.05, 4.69) is 4.98 Å². The van der Waals surface area contributed by atoms with Crippen molar-refractivity contribution in [3.8, 4) is 5.75 Å². The molecule has 0 spiro atoms. The standard InChI is InChI=1S/C16H12F2N2O/c17-16(18)20-14-7-2-1-6-13(14)19-15(20)9-8-11-4-3-5-12(21)10-11/h1-10,16,21H. The summed E-state index contributed by atoms with van der Waals surface area (Å²) in [6, 6.07) is 13.3. The number of fused-ring (bicyclic) bond motifs is 1. The maximum Gasteiger partial charge on any atom is 0.320 e. The number of hydrogen-bond acceptors (Lipinski definition) is 2. The van der Waals surface area contributed by atoms with Gasteiger partial charge in [-0.2, -0.15) is 8.78 Å².